The quantitative estimate of drug-likeness (QED) is 0.463. The van der Waals surface area contributed by atoms with Crippen LogP contribution in [0.25, 0.3) is 22.2 Å². The lowest BCUT2D eigenvalue weighted by Crippen LogP contribution is -2.32. The van der Waals surface area contributed by atoms with Gasteiger partial charge >= 0.3 is 0 Å². The van der Waals surface area contributed by atoms with Crippen molar-refractivity contribution in [1.82, 2.24) is 9.55 Å². The monoisotopic (exact) mass is 449 g/mol. The number of thiazole rings is 1. The van der Waals surface area contributed by atoms with E-state index in [-0.39, 0.29) is 11.5 Å². The van der Waals surface area contributed by atoms with E-state index in [1.807, 2.05) is 48.7 Å². The molecule has 1 amide bonds. The normalized spacial score (nSPS) is 11.9. The number of nitrogens with one attached hydrogen (secondary N) is 1. The fourth-order valence-electron chi connectivity index (χ4n) is 3.63. The number of methoxy groups -OCH3 is 2. The number of carbonyl (C=O) groups is 1. The Hall–Kier alpha value is -3.65. The predicted molar refractivity (Wildman–Crippen MR) is 127 cm³/mol. The van der Waals surface area contributed by atoms with Crippen LogP contribution in [0.1, 0.15) is 18.5 Å². The molecule has 0 aliphatic carbocycles. The van der Waals surface area contributed by atoms with Crippen LogP contribution in [-0.2, 0) is 4.79 Å². The average molecular weight is 450 g/mol. The van der Waals surface area contributed by atoms with Gasteiger partial charge in [0.2, 0.25) is 5.91 Å². The number of hydrogen-bond donors (Lipinski definition) is 1. The molecule has 0 spiro atoms. The van der Waals surface area contributed by atoms with E-state index in [0.717, 1.165) is 28.0 Å². The molecule has 2 heterocycles. The van der Waals surface area contributed by atoms with Gasteiger partial charge < -0.3 is 14.8 Å². The summed E-state index contributed by atoms with van der Waals surface area (Å²) in [6, 6.07) is 13.9. The number of anilines is 1. The summed E-state index contributed by atoms with van der Waals surface area (Å²) in [5, 5.41) is 6.04. The lowest BCUT2D eigenvalue weighted by atomic mass is 10.1. The van der Waals surface area contributed by atoms with E-state index in [0.29, 0.717) is 16.4 Å². The molecule has 1 atom stereocenters. The fourth-order valence-corrected chi connectivity index (χ4v) is 4.36. The van der Waals surface area contributed by atoms with E-state index < -0.39 is 6.04 Å². The van der Waals surface area contributed by atoms with Gasteiger partial charge in [-0.05, 0) is 49.7 Å². The maximum absolute atomic E-state index is 13.1. The number of carbonyl (C=O) groups excluding carboxylic acids is 1. The molecule has 0 aliphatic heterocycles. The second-order valence-corrected chi connectivity index (χ2v) is 8.18. The molecule has 1 N–H and O–H groups in total. The molecule has 0 fully saturated rings. The number of hydrogen-bond acceptors (Lipinski definition) is 6. The van der Waals surface area contributed by atoms with Crippen molar-refractivity contribution in [1.29, 1.82) is 0 Å². The third kappa shape index (κ3) is 3.97. The summed E-state index contributed by atoms with van der Waals surface area (Å²) in [7, 11) is 3.16. The summed E-state index contributed by atoms with van der Waals surface area (Å²) in [6.07, 6.45) is 0. The third-order valence-electron chi connectivity index (χ3n) is 5.35. The number of rotatable bonds is 6. The van der Waals surface area contributed by atoms with Crippen LogP contribution in [0.15, 0.2) is 58.7 Å². The molecule has 0 saturated carbocycles. The van der Waals surface area contributed by atoms with Crippen molar-refractivity contribution in [2.75, 3.05) is 19.5 Å². The van der Waals surface area contributed by atoms with E-state index in [1.54, 1.807) is 27.2 Å². The van der Waals surface area contributed by atoms with Crippen LogP contribution in [0.4, 0.5) is 5.13 Å². The Bertz CT molecular complexity index is 1340. The standard InChI is InChI=1S/C24H23N3O4S/c1-14-12-21(28)27(22-18(14)6-5-7-20(22)31-4)15(2)23(29)26-24-25-19(13-32-24)16-8-10-17(30-3)11-9-16/h5-13,15H,1-4H3,(H,25,26,29). The second-order valence-electron chi connectivity index (χ2n) is 7.32. The Morgan fingerprint density at radius 3 is 2.56 bits per heavy atom. The van der Waals surface area contributed by atoms with Gasteiger partial charge in [0.15, 0.2) is 5.13 Å². The predicted octanol–water partition coefficient (Wildman–Crippen LogP) is 4.65. The minimum absolute atomic E-state index is 0.264. The number of aromatic nitrogens is 2. The first-order valence-corrected chi connectivity index (χ1v) is 10.9. The van der Waals surface area contributed by atoms with Crippen LogP contribution >= 0.6 is 11.3 Å². The van der Waals surface area contributed by atoms with Crippen LogP contribution in [0.3, 0.4) is 0 Å². The summed E-state index contributed by atoms with van der Waals surface area (Å²) in [5.74, 6) is 0.968. The van der Waals surface area contributed by atoms with Gasteiger partial charge in [0.05, 0.1) is 25.4 Å². The number of pyridine rings is 1. The second kappa shape index (κ2) is 8.84. The van der Waals surface area contributed by atoms with Crippen molar-refractivity contribution >= 4 is 33.3 Å². The van der Waals surface area contributed by atoms with E-state index >= 15 is 0 Å². The van der Waals surface area contributed by atoms with Crippen molar-refractivity contribution in [2.24, 2.45) is 0 Å². The minimum Gasteiger partial charge on any atom is -0.497 e. The van der Waals surface area contributed by atoms with Gasteiger partial charge in [-0.25, -0.2) is 4.98 Å². The molecule has 32 heavy (non-hydrogen) atoms. The molecule has 0 saturated heterocycles. The first kappa shape index (κ1) is 21.6. The summed E-state index contributed by atoms with van der Waals surface area (Å²) in [5.41, 5.74) is 2.83. The fraction of sp³-hybridized carbons (Fsp3) is 0.208. The van der Waals surface area contributed by atoms with Crippen molar-refractivity contribution in [3.05, 3.63) is 69.8 Å². The molecule has 4 aromatic rings. The summed E-state index contributed by atoms with van der Waals surface area (Å²) in [4.78, 5) is 30.4. The summed E-state index contributed by atoms with van der Waals surface area (Å²) >= 11 is 1.33. The largest absolute Gasteiger partial charge is 0.497 e. The van der Waals surface area contributed by atoms with E-state index in [9.17, 15) is 9.59 Å². The maximum atomic E-state index is 13.1. The summed E-state index contributed by atoms with van der Waals surface area (Å²) in [6.45, 7) is 3.56. The van der Waals surface area contributed by atoms with Gasteiger partial charge in [-0.2, -0.15) is 0 Å². The summed E-state index contributed by atoms with van der Waals surface area (Å²) < 4.78 is 12.1. The first-order valence-electron chi connectivity index (χ1n) is 10.0. The molecule has 8 heteroatoms. The molecule has 0 bridgehead atoms. The van der Waals surface area contributed by atoms with Crippen LogP contribution in [0, 0.1) is 6.92 Å². The van der Waals surface area contributed by atoms with Gasteiger partial charge in [0, 0.05) is 22.4 Å². The Labute approximate surface area is 189 Å². The SMILES string of the molecule is COc1ccc(-c2csc(NC(=O)C(C)n3c(=O)cc(C)c4cccc(OC)c43)n2)cc1. The molecule has 164 valence electrons. The van der Waals surface area contributed by atoms with Crippen LogP contribution in [0.2, 0.25) is 0 Å². The highest BCUT2D eigenvalue weighted by Crippen LogP contribution is 2.30. The van der Waals surface area contributed by atoms with Crippen molar-refractivity contribution in [2.45, 2.75) is 19.9 Å². The Morgan fingerprint density at radius 2 is 1.88 bits per heavy atom. The van der Waals surface area contributed by atoms with Gasteiger partial charge in [-0.1, -0.05) is 12.1 Å². The third-order valence-corrected chi connectivity index (χ3v) is 6.11. The van der Waals surface area contributed by atoms with Gasteiger partial charge in [-0.15, -0.1) is 11.3 Å². The zero-order valence-corrected chi connectivity index (χ0v) is 19.0. The van der Waals surface area contributed by atoms with E-state index in [4.69, 9.17) is 9.47 Å². The zero-order chi connectivity index (χ0) is 22.8. The molecular weight excluding hydrogens is 426 g/mol. The molecule has 2 aromatic heterocycles. The van der Waals surface area contributed by atoms with E-state index in [2.05, 4.69) is 10.3 Å². The number of para-hydroxylation sites is 1. The van der Waals surface area contributed by atoms with E-state index in [1.165, 1.54) is 22.0 Å². The van der Waals surface area contributed by atoms with Crippen molar-refractivity contribution in [3.8, 4) is 22.8 Å². The highest BCUT2D eigenvalue weighted by Gasteiger charge is 2.22. The molecule has 2 aromatic carbocycles. The lowest BCUT2D eigenvalue weighted by Gasteiger charge is -2.19. The highest BCUT2D eigenvalue weighted by molar-refractivity contribution is 7.14. The molecule has 0 radical (unpaired) electrons. The number of nitrogens with zero attached hydrogens (tertiary/aromatic N) is 2. The zero-order valence-electron chi connectivity index (χ0n) is 18.2. The first-order chi connectivity index (χ1) is 15.4. The Morgan fingerprint density at radius 1 is 1.12 bits per heavy atom. The van der Waals surface area contributed by atoms with Gasteiger partial charge in [-0.3, -0.25) is 14.2 Å². The molecule has 0 aliphatic rings. The van der Waals surface area contributed by atoms with Crippen LogP contribution in [0.5, 0.6) is 11.5 Å². The van der Waals surface area contributed by atoms with Crippen molar-refractivity contribution in [3.63, 3.8) is 0 Å². The molecular formula is C24H23N3O4S. The molecule has 1 unspecified atom stereocenters. The average Bonchev–Trinajstić information content (AvgIpc) is 3.27. The highest BCUT2D eigenvalue weighted by atomic mass is 32.1. The van der Waals surface area contributed by atoms with Crippen LogP contribution < -0.4 is 20.3 Å². The van der Waals surface area contributed by atoms with Gasteiger partial charge in [0.25, 0.3) is 5.56 Å². The van der Waals surface area contributed by atoms with Gasteiger partial charge in [0.1, 0.15) is 17.5 Å². The smallest absolute Gasteiger partial charge is 0.252 e. The molecule has 4 rings (SSSR count). The lowest BCUT2D eigenvalue weighted by molar-refractivity contribution is -0.118. The van der Waals surface area contributed by atoms with Crippen molar-refractivity contribution < 1.29 is 14.3 Å². The number of aryl methyl sites for hydroxylation is 1. The Balaban J connectivity index is 1.63. The minimum atomic E-state index is -0.768. The van der Waals surface area contributed by atoms with Crippen LogP contribution in [-0.4, -0.2) is 29.7 Å². The number of benzene rings is 2. The Kier molecular flexibility index (Phi) is 5.96. The maximum Gasteiger partial charge on any atom is 0.252 e. The molecule has 7 nitrogen and oxygen atoms in total. The topological polar surface area (TPSA) is 82.5 Å². The number of amides is 1. The number of ether oxygens (including phenoxy) is 2. The number of fused-ring (bicyclic) bond motifs is 1.